The first kappa shape index (κ1) is 13.1. The molecule has 0 atom stereocenters. The number of hydrogen-bond donors (Lipinski definition) is 0. The van der Waals surface area contributed by atoms with Gasteiger partial charge in [-0.25, -0.2) is 4.39 Å². The van der Waals surface area contributed by atoms with Crippen molar-refractivity contribution in [3.63, 3.8) is 0 Å². The third-order valence-corrected chi connectivity index (χ3v) is 3.70. The number of fused-ring (bicyclic) bond motifs is 1. The van der Waals surface area contributed by atoms with E-state index in [4.69, 9.17) is 28.9 Å². The lowest BCUT2D eigenvalue weighted by Crippen LogP contribution is -1.99. The van der Waals surface area contributed by atoms with E-state index in [-0.39, 0.29) is 10.7 Å². The molecule has 0 amide bonds. The van der Waals surface area contributed by atoms with E-state index < -0.39 is 0 Å². The quantitative estimate of drug-likeness (QED) is 0.580. The van der Waals surface area contributed by atoms with Crippen molar-refractivity contribution >= 4 is 35.4 Å². The Labute approximate surface area is 125 Å². The average Bonchev–Trinajstić information content (AvgIpc) is 2.42. The fraction of sp³-hybridized carbons (Fsp3) is 0.0667. The maximum atomic E-state index is 13.0. The van der Waals surface area contributed by atoms with Crippen molar-refractivity contribution in [1.82, 2.24) is 4.57 Å². The lowest BCUT2D eigenvalue weighted by atomic mass is 10.2. The second-order valence-corrected chi connectivity index (χ2v) is 5.22. The van der Waals surface area contributed by atoms with Gasteiger partial charge in [0.15, 0.2) is 0 Å². The van der Waals surface area contributed by atoms with Gasteiger partial charge in [0, 0.05) is 0 Å². The summed E-state index contributed by atoms with van der Waals surface area (Å²) in [4.78, 5) is 0.248. The average molecular weight is 303 g/mol. The molecule has 3 aromatic rings. The van der Waals surface area contributed by atoms with Crippen LogP contribution in [-0.2, 0) is 0 Å². The Morgan fingerprint density at radius 3 is 2.45 bits per heavy atom. The number of benzene rings is 2. The molecule has 2 aromatic carbocycles. The van der Waals surface area contributed by atoms with Crippen LogP contribution in [0.3, 0.4) is 0 Å². The highest BCUT2D eigenvalue weighted by atomic mass is 32.1. The van der Waals surface area contributed by atoms with Gasteiger partial charge in [0.1, 0.15) is 16.0 Å². The van der Waals surface area contributed by atoms with Crippen LogP contribution in [0.2, 0.25) is 0 Å². The van der Waals surface area contributed by atoms with Crippen LogP contribution in [0, 0.1) is 22.2 Å². The number of aromatic nitrogens is 1. The molecule has 5 heteroatoms. The second-order valence-electron chi connectivity index (χ2n) is 4.48. The molecule has 1 aromatic heterocycles. The highest BCUT2D eigenvalue weighted by Crippen LogP contribution is 2.21. The van der Waals surface area contributed by atoms with Gasteiger partial charge < -0.3 is 4.42 Å². The molecule has 1 heterocycles. The van der Waals surface area contributed by atoms with E-state index in [0.29, 0.717) is 15.9 Å². The number of aryl methyl sites for hydroxylation is 1. The van der Waals surface area contributed by atoms with Gasteiger partial charge >= 0.3 is 0 Å². The summed E-state index contributed by atoms with van der Waals surface area (Å²) in [7, 11) is 0. The molecule has 0 bridgehead atoms. The molecule has 0 aliphatic heterocycles. The fourth-order valence-corrected chi connectivity index (χ4v) is 2.75. The summed E-state index contributed by atoms with van der Waals surface area (Å²) >= 11 is 10.7. The smallest absolute Gasteiger partial charge is 0.274 e. The van der Waals surface area contributed by atoms with E-state index in [1.807, 2.05) is 25.1 Å². The van der Waals surface area contributed by atoms with Crippen LogP contribution in [0.1, 0.15) is 5.56 Å². The van der Waals surface area contributed by atoms with Crippen molar-refractivity contribution in [3.8, 4) is 5.69 Å². The molecule has 0 unspecified atom stereocenters. The molecule has 20 heavy (non-hydrogen) atoms. The first-order valence-electron chi connectivity index (χ1n) is 5.99. The lowest BCUT2D eigenvalue weighted by molar-refractivity contribution is 0.536. The normalized spacial score (nSPS) is 10.9. The van der Waals surface area contributed by atoms with Gasteiger partial charge in [0.2, 0.25) is 0 Å². The highest BCUT2D eigenvalue weighted by molar-refractivity contribution is 7.72. The Kier molecular flexibility index (Phi) is 3.23. The van der Waals surface area contributed by atoms with Crippen LogP contribution in [0.25, 0.3) is 16.7 Å². The molecule has 0 aliphatic carbocycles. The van der Waals surface area contributed by atoms with Gasteiger partial charge in [-0.05, 0) is 55.5 Å². The van der Waals surface area contributed by atoms with Gasteiger partial charge in [-0.3, -0.25) is 4.57 Å². The molecule has 2 nitrogen and oxygen atoms in total. The fourth-order valence-electron chi connectivity index (χ4n) is 2.06. The summed E-state index contributed by atoms with van der Waals surface area (Å²) in [5, 5.41) is 0.818. The molecular weight excluding hydrogens is 293 g/mol. The third kappa shape index (κ3) is 2.19. The summed E-state index contributed by atoms with van der Waals surface area (Å²) in [6.45, 7) is 1.98. The maximum absolute atomic E-state index is 13.0. The summed E-state index contributed by atoms with van der Waals surface area (Å²) < 4.78 is 20.8. The van der Waals surface area contributed by atoms with E-state index in [1.165, 1.54) is 12.1 Å². The molecular formula is C15H10FNOS2. The monoisotopic (exact) mass is 303 g/mol. The predicted molar refractivity (Wildman–Crippen MR) is 81.9 cm³/mol. The van der Waals surface area contributed by atoms with Crippen LogP contribution in [0.4, 0.5) is 4.39 Å². The zero-order valence-electron chi connectivity index (χ0n) is 10.6. The summed E-state index contributed by atoms with van der Waals surface area (Å²) in [6, 6.07) is 11.7. The summed E-state index contributed by atoms with van der Waals surface area (Å²) in [5.41, 5.74) is 2.43. The molecule has 0 aliphatic rings. The van der Waals surface area contributed by atoms with Crippen LogP contribution in [0.15, 0.2) is 46.9 Å². The molecule has 0 saturated heterocycles. The van der Waals surface area contributed by atoms with Gasteiger partial charge in [0.05, 0.1) is 11.1 Å². The minimum absolute atomic E-state index is 0.248. The van der Waals surface area contributed by atoms with Crippen molar-refractivity contribution < 1.29 is 8.81 Å². The third-order valence-electron chi connectivity index (χ3n) is 3.03. The molecule has 3 rings (SSSR count). The number of nitrogens with zero attached hydrogens (tertiary/aromatic N) is 1. The van der Waals surface area contributed by atoms with Crippen molar-refractivity contribution in [2.75, 3.05) is 0 Å². The highest BCUT2D eigenvalue weighted by Gasteiger charge is 2.07. The minimum atomic E-state index is -0.306. The van der Waals surface area contributed by atoms with Crippen LogP contribution < -0.4 is 0 Å². The topological polar surface area (TPSA) is 18.1 Å². The number of halogens is 1. The van der Waals surface area contributed by atoms with Gasteiger partial charge in [-0.15, -0.1) is 0 Å². The van der Waals surface area contributed by atoms with Crippen LogP contribution >= 0.6 is 24.4 Å². The van der Waals surface area contributed by atoms with E-state index in [1.54, 1.807) is 16.7 Å². The zero-order valence-corrected chi connectivity index (χ0v) is 12.2. The van der Waals surface area contributed by atoms with Crippen LogP contribution in [0.5, 0.6) is 0 Å². The summed E-state index contributed by atoms with van der Waals surface area (Å²) in [6.07, 6.45) is 0. The van der Waals surface area contributed by atoms with E-state index in [0.717, 1.165) is 10.9 Å². The van der Waals surface area contributed by atoms with Gasteiger partial charge in [0.25, 0.3) is 4.84 Å². The Bertz CT molecular complexity index is 910. The Morgan fingerprint density at radius 1 is 1.05 bits per heavy atom. The van der Waals surface area contributed by atoms with Gasteiger partial charge in [-0.2, -0.15) is 0 Å². The van der Waals surface area contributed by atoms with E-state index in [9.17, 15) is 4.39 Å². The minimum Gasteiger partial charge on any atom is -0.431 e. The van der Waals surface area contributed by atoms with Crippen molar-refractivity contribution in [3.05, 3.63) is 63.3 Å². The molecule has 0 saturated carbocycles. The molecule has 0 radical (unpaired) electrons. The van der Waals surface area contributed by atoms with Crippen molar-refractivity contribution in [2.45, 2.75) is 6.92 Å². The molecule has 0 fully saturated rings. The van der Waals surface area contributed by atoms with E-state index in [2.05, 4.69) is 0 Å². The van der Waals surface area contributed by atoms with Crippen LogP contribution in [-0.4, -0.2) is 4.57 Å². The zero-order chi connectivity index (χ0) is 14.3. The Balaban J connectivity index is 2.39. The Hall–Kier alpha value is -1.85. The molecule has 0 spiro atoms. The number of rotatable bonds is 1. The first-order valence-corrected chi connectivity index (χ1v) is 6.80. The van der Waals surface area contributed by atoms with E-state index >= 15 is 0 Å². The lowest BCUT2D eigenvalue weighted by Gasteiger charge is -2.09. The number of hydrogen-bond acceptors (Lipinski definition) is 3. The first-order chi connectivity index (χ1) is 9.56. The van der Waals surface area contributed by atoms with Gasteiger partial charge in [-0.1, -0.05) is 23.8 Å². The van der Waals surface area contributed by atoms with Crippen molar-refractivity contribution in [2.24, 2.45) is 0 Å². The molecule has 100 valence electrons. The predicted octanol–water partition coefficient (Wildman–Crippen LogP) is 5.13. The molecule has 0 N–H and O–H groups in total. The standard InChI is InChI=1S/C15H10FNOS2/c1-9-2-7-13-12(8-9)14(19)17(15(20)18-13)11-5-3-10(16)4-6-11/h2-8H,1H3. The second kappa shape index (κ2) is 4.92. The summed E-state index contributed by atoms with van der Waals surface area (Å²) in [5.74, 6) is -0.306. The Morgan fingerprint density at radius 2 is 1.75 bits per heavy atom. The van der Waals surface area contributed by atoms with Crippen molar-refractivity contribution in [1.29, 1.82) is 0 Å². The SMILES string of the molecule is Cc1ccc2oc(=S)n(-c3ccc(F)cc3)c(=S)c2c1. The largest absolute Gasteiger partial charge is 0.431 e. The maximum Gasteiger partial charge on any atom is 0.274 e.